The van der Waals surface area contributed by atoms with Crippen molar-refractivity contribution in [3.63, 3.8) is 0 Å². The van der Waals surface area contributed by atoms with Gasteiger partial charge in [-0.2, -0.15) is 16.8 Å². The predicted octanol–water partition coefficient (Wildman–Crippen LogP) is 8.29. The van der Waals surface area contributed by atoms with E-state index in [9.17, 15) is 35.5 Å². The second kappa shape index (κ2) is 17.1. The average Bonchev–Trinajstić information content (AvgIpc) is 3.17. The van der Waals surface area contributed by atoms with Gasteiger partial charge in [-0.1, -0.05) is 30.3 Å². The number of methoxy groups -OCH3 is 4. The Bertz CT molecular complexity index is 2600. The molecule has 14 nitrogen and oxygen atoms in total. The van der Waals surface area contributed by atoms with Crippen LogP contribution in [0.5, 0.6) is 11.5 Å². The van der Waals surface area contributed by atoms with E-state index >= 15 is 0 Å². The zero-order valence-electron chi connectivity index (χ0n) is 34.2. The normalized spacial score (nSPS) is 11.6. The van der Waals surface area contributed by atoms with Crippen molar-refractivity contribution in [1.82, 2.24) is 0 Å². The molecule has 312 valence electrons. The Labute approximate surface area is 344 Å². The van der Waals surface area contributed by atoms with Crippen molar-refractivity contribution >= 4 is 54.9 Å². The molecule has 0 aliphatic heterocycles. The lowest BCUT2D eigenvalue weighted by Crippen LogP contribution is -2.14. The Hall–Kier alpha value is -5.94. The fourth-order valence-corrected chi connectivity index (χ4v) is 8.91. The van der Waals surface area contributed by atoms with Crippen LogP contribution in [0.15, 0.2) is 76.5 Å². The molecule has 0 spiro atoms. The highest BCUT2D eigenvalue weighted by atomic mass is 32.2. The maximum Gasteiger partial charge on any atom is 0.338 e. The number of anilines is 4. The minimum atomic E-state index is -5.12. The third-order valence-corrected chi connectivity index (χ3v) is 12.0. The highest BCUT2D eigenvalue weighted by Gasteiger charge is 2.32. The Balaban J connectivity index is 1.74. The van der Waals surface area contributed by atoms with Gasteiger partial charge in [-0.05, 0) is 105 Å². The van der Waals surface area contributed by atoms with Crippen molar-refractivity contribution in [2.45, 2.75) is 57.3 Å². The number of esters is 2. The van der Waals surface area contributed by atoms with Gasteiger partial charge in [0, 0.05) is 51.9 Å². The summed E-state index contributed by atoms with van der Waals surface area (Å²) < 4.78 is 92.6. The average molecular weight is 847 g/mol. The van der Waals surface area contributed by atoms with Gasteiger partial charge in [0.25, 0.3) is 20.2 Å². The van der Waals surface area contributed by atoms with Gasteiger partial charge in [0.1, 0.15) is 11.5 Å². The first-order chi connectivity index (χ1) is 27.7. The molecule has 0 amide bonds. The number of hydrogen-bond acceptors (Lipinski definition) is 12. The van der Waals surface area contributed by atoms with Crippen molar-refractivity contribution in [1.29, 1.82) is 0 Å². The molecule has 0 aliphatic rings. The summed E-state index contributed by atoms with van der Waals surface area (Å²) in [6.07, 6.45) is 0. The Morgan fingerprint density at radius 1 is 0.542 bits per heavy atom. The summed E-state index contributed by atoms with van der Waals surface area (Å²) >= 11 is 0. The first-order valence-corrected chi connectivity index (χ1v) is 20.9. The molecule has 0 aromatic heterocycles. The second-order valence-electron chi connectivity index (χ2n) is 14.0. The first kappa shape index (κ1) is 44.2. The number of aryl methyl sites for hydroxylation is 4. The molecule has 0 saturated carbocycles. The van der Waals surface area contributed by atoms with Crippen LogP contribution in [-0.4, -0.2) is 66.3 Å². The van der Waals surface area contributed by atoms with Crippen LogP contribution < -0.4 is 20.1 Å². The maximum absolute atomic E-state index is 13.0. The zero-order valence-corrected chi connectivity index (χ0v) is 35.9. The summed E-state index contributed by atoms with van der Waals surface area (Å²) in [4.78, 5) is 23.8. The molecule has 0 unspecified atom stereocenters. The van der Waals surface area contributed by atoms with Crippen LogP contribution in [0.2, 0.25) is 0 Å². The van der Waals surface area contributed by atoms with Gasteiger partial charge in [0.2, 0.25) is 0 Å². The lowest BCUT2D eigenvalue weighted by Gasteiger charge is -2.26. The van der Waals surface area contributed by atoms with Crippen LogP contribution in [0.3, 0.4) is 0 Å². The molecule has 5 aromatic rings. The fourth-order valence-electron chi connectivity index (χ4n) is 7.57. The minimum absolute atomic E-state index is 0.0706. The summed E-state index contributed by atoms with van der Waals surface area (Å²) in [6, 6.07) is 16.7. The summed E-state index contributed by atoms with van der Waals surface area (Å²) in [5, 5.41) is 6.73. The number of hydrogen-bond donors (Lipinski definition) is 4. The van der Waals surface area contributed by atoms with Gasteiger partial charge < -0.3 is 29.6 Å². The van der Waals surface area contributed by atoms with E-state index < -0.39 is 47.9 Å². The summed E-state index contributed by atoms with van der Waals surface area (Å²) in [5.41, 5.74) is 8.38. The molecule has 0 heterocycles. The number of benzene rings is 5. The Morgan fingerprint density at radius 2 is 0.949 bits per heavy atom. The van der Waals surface area contributed by atoms with Crippen LogP contribution in [0, 0.1) is 41.5 Å². The number of nitrogens with one attached hydrogen (secondary N) is 2. The summed E-state index contributed by atoms with van der Waals surface area (Å²) in [7, 11) is -4.56. The smallest absolute Gasteiger partial charge is 0.338 e. The molecule has 59 heavy (non-hydrogen) atoms. The molecule has 5 rings (SSSR count). The van der Waals surface area contributed by atoms with E-state index in [2.05, 4.69) is 10.6 Å². The number of carbonyl (C=O) groups is 2. The molecule has 0 atom stereocenters. The van der Waals surface area contributed by atoms with Crippen molar-refractivity contribution in [2.75, 3.05) is 39.1 Å². The molecule has 0 radical (unpaired) electrons. The number of rotatable bonds is 13. The molecule has 0 fully saturated rings. The van der Waals surface area contributed by atoms with Gasteiger partial charge in [0.15, 0.2) is 0 Å². The lowest BCUT2D eigenvalue weighted by molar-refractivity contribution is 0.0590. The van der Waals surface area contributed by atoms with Gasteiger partial charge in [-0.15, -0.1) is 0 Å². The molecule has 4 N–H and O–H groups in total. The maximum atomic E-state index is 13.0. The standard InChI is InChI=1S/C43H46N2O12S2/c1-22-17-24(3)40(26(5)37(22)42(46)56-9)44-28-11-14-31(34(19-28)54-7)39(33-16-13-30(58(48,49)50)21-36(33)59(51,52)53)32-15-12-29(20-35(32)55-8)45-41-25(4)18-23(2)38(27(41)6)43(47)57-10/h11-21,39,44-45H,1-10H3,(H,48,49,50)(H,51,52,53). The summed E-state index contributed by atoms with van der Waals surface area (Å²) in [5.74, 6) is -1.59. The molecule has 0 bridgehead atoms. The van der Waals surface area contributed by atoms with Crippen LogP contribution in [0.1, 0.15) is 76.7 Å². The molecule has 0 aliphatic carbocycles. The van der Waals surface area contributed by atoms with E-state index in [-0.39, 0.29) is 17.1 Å². The number of carbonyl (C=O) groups excluding carboxylic acids is 2. The van der Waals surface area contributed by atoms with Gasteiger partial charge in [-0.25, -0.2) is 9.59 Å². The molecular formula is C43H46N2O12S2. The molecule has 5 aromatic carbocycles. The second-order valence-corrected chi connectivity index (χ2v) is 16.8. The molecule has 0 saturated heterocycles. The lowest BCUT2D eigenvalue weighted by atomic mass is 9.83. The van der Waals surface area contributed by atoms with Crippen molar-refractivity contribution in [2.24, 2.45) is 0 Å². The van der Waals surface area contributed by atoms with Gasteiger partial charge >= 0.3 is 11.9 Å². The van der Waals surface area contributed by atoms with Crippen LogP contribution in [-0.2, 0) is 29.7 Å². The monoisotopic (exact) mass is 846 g/mol. The van der Waals surface area contributed by atoms with E-state index in [4.69, 9.17) is 18.9 Å². The third kappa shape index (κ3) is 8.90. The van der Waals surface area contributed by atoms with E-state index in [1.165, 1.54) is 34.5 Å². The quantitative estimate of drug-likeness (QED) is 0.0500. The Morgan fingerprint density at radius 3 is 1.31 bits per heavy atom. The van der Waals surface area contributed by atoms with E-state index in [0.29, 0.717) is 62.2 Å². The van der Waals surface area contributed by atoms with Crippen LogP contribution in [0.4, 0.5) is 22.7 Å². The topological polar surface area (TPSA) is 204 Å². The largest absolute Gasteiger partial charge is 0.496 e. The highest BCUT2D eigenvalue weighted by molar-refractivity contribution is 7.86. The predicted molar refractivity (Wildman–Crippen MR) is 224 cm³/mol. The highest BCUT2D eigenvalue weighted by Crippen LogP contribution is 2.46. The van der Waals surface area contributed by atoms with Crippen LogP contribution in [0.25, 0.3) is 0 Å². The Kier molecular flexibility index (Phi) is 12.8. The van der Waals surface area contributed by atoms with Crippen LogP contribution >= 0.6 is 0 Å². The van der Waals surface area contributed by atoms with Gasteiger partial charge in [-0.3, -0.25) is 9.11 Å². The number of ether oxygens (including phenoxy) is 4. The van der Waals surface area contributed by atoms with E-state index in [1.54, 1.807) is 50.2 Å². The van der Waals surface area contributed by atoms with Gasteiger partial charge in [0.05, 0.1) is 49.4 Å². The van der Waals surface area contributed by atoms with E-state index in [0.717, 1.165) is 28.3 Å². The zero-order chi connectivity index (χ0) is 43.7. The van der Waals surface area contributed by atoms with Crippen molar-refractivity contribution in [3.05, 3.63) is 128 Å². The molecule has 16 heteroatoms. The van der Waals surface area contributed by atoms with Crippen molar-refractivity contribution in [3.8, 4) is 11.5 Å². The first-order valence-electron chi connectivity index (χ1n) is 18.0. The SMILES string of the molecule is COC(=O)c1c(C)cc(C)c(Nc2ccc(C(c3ccc(Nc4c(C)cc(C)c(C(=O)OC)c4C)cc3OC)c3ccc(S(=O)(=O)O)cc3S(=O)(=O)O)c(OC)c2)c1C. The summed E-state index contributed by atoms with van der Waals surface area (Å²) in [6.45, 7) is 11.0. The fraction of sp³-hybridized carbons (Fsp3) is 0.256. The van der Waals surface area contributed by atoms with Crippen molar-refractivity contribution < 1.29 is 54.5 Å². The molecular weight excluding hydrogens is 801 g/mol. The van der Waals surface area contributed by atoms with E-state index in [1.807, 2.05) is 39.8 Å². The minimum Gasteiger partial charge on any atom is -0.496 e. The third-order valence-electron chi connectivity index (χ3n) is 10.2.